The second kappa shape index (κ2) is 8.43. The predicted octanol–water partition coefficient (Wildman–Crippen LogP) is 5.75. The van der Waals surface area contributed by atoms with Crippen molar-refractivity contribution < 1.29 is 9.84 Å². The molecule has 3 nitrogen and oxygen atoms in total. The zero-order valence-electron chi connectivity index (χ0n) is 18.1. The number of phenolic OH excluding ortho intramolecular Hbond substituents is 1. The normalized spacial score (nSPS) is 15.5. The van der Waals surface area contributed by atoms with E-state index in [0.717, 1.165) is 30.6 Å². The molecule has 0 aliphatic heterocycles. The van der Waals surface area contributed by atoms with Gasteiger partial charge in [0.1, 0.15) is 17.8 Å². The fraction of sp³-hybridized carbons (Fsp3) is 0.500. The highest BCUT2D eigenvalue weighted by molar-refractivity contribution is 7.35. The van der Waals surface area contributed by atoms with Gasteiger partial charge in [-0.3, -0.25) is 5.09 Å². The van der Waals surface area contributed by atoms with E-state index in [1.165, 1.54) is 27.8 Å². The minimum Gasteiger partial charge on any atom is -0.508 e. The van der Waals surface area contributed by atoms with E-state index in [0.29, 0.717) is 26.9 Å². The summed E-state index contributed by atoms with van der Waals surface area (Å²) < 4.78 is 5.96. The van der Waals surface area contributed by atoms with Crippen LogP contribution in [-0.2, 0) is 18.3 Å². The van der Waals surface area contributed by atoms with Gasteiger partial charge in [0.15, 0.2) is 0 Å². The lowest BCUT2D eigenvalue weighted by molar-refractivity contribution is 0.388. The van der Waals surface area contributed by atoms with Crippen molar-refractivity contribution in [2.45, 2.75) is 72.3 Å². The molecule has 3 rings (SSSR count). The van der Waals surface area contributed by atoms with E-state index in [2.05, 4.69) is 64.8 Å². The minimum atomic E-state index is 0.0576. The van der Waals surface area contributed by atoms with Crippen LogP contribution in [0.3, 0.4) is 0 Å². The molecular weight excluding hydrogens is 365 g/mol. The van der Waals surface area contributed by atoms with Crippen LogP contribution in [0.5, 0.6) is 11.5 Å². The first kappa shape index (κ1) is 21.1. The molecule has 0 saturated carbocycles. The van der Waals surface area contributed by atoms with Crippen LogP contribution in [0.1, 0.15) is 67.5 Å². The van der Waals surface area contributed by atoms with Gasteiger partial charge in [-0.15, -0.1) is 0 Å². The standard InChI is InChI=1S/C24H34NO2P/c1-15(2)25-28-14-27-19-11-16(3)21(17(4)12-19)13-18-7-8-22(26)23-20(18)9-10-24(23,5)6/h7-8,11-12,15,25-26,28H,9-10,13-14H2,1-6H3. The molecule has 1 atom stereocenters. The summed E-state index contributed by atoms with van der Waals surface area (Å²) in [5.41, 5.74) is 7.82. The molecule has 4 heteroatoms. The highest BCUT2D eigenvalue weighted by Gasteiger charge is 2.34. The van der Waals surface area contributed by atoms with Gasteiger partial charge in [0.05, 0.1) is 0 Å². The van der Waals surface area contributed by atoms with Gasteiger partial charge in [0.25, 0.3) is 0 Å². The van der Waals surface area contributed by atoms with E-state index in [9.17, 15) is 5.11 Å². The summed E-state index contributed by atoms with van der Waals surface area (Å²) in [6.07, 6.45) is 3.77. The zero-order chi connectivity index (χ0) is 20.5. The summed E-state index contributed by atoms with van der Waals surface area (Å²) >= 11 is 0. The first-order valence-electron chi connectivity index (χ1n) is 10.2. The number of hydrogen-bond donors (Lipinski definition) is 2. The molecule has 0 aromatic heterocycles. The minimum absolute atomic E-state index is 0.0576. The molecule has 0 radical (unpaired) electrons. The lowest BCUT2D eigenvalue weighted by Crippen LogP contribution is -2.14. The van der Waals surface area contributed by atoms with E-state index in [1.807, 2.05) is 6.07 Å². The Balaban J connectivity index is 1.80. The molecule has 0 amide bonds. The van der Waals surface area contributed by atoms with Crippen LogP contribution in [0.2, 0.25) is 0 Å². The van der Waals surface area contributed by atoms with Gasteiger partial charge < -0.3 is 9.84 Å². The summed E-state index contributed by atoms with van der Waals surface area (Å²) in [7, 11) is 0.608. The van der Waals surface area contributed by atoms with Gasteiger partial charge in [-0.1, -0.05) is 19.9 Å². The highest BCUT2D eigenvalue weighted by Crippen LogP contribution is 2.45. The topological polar surface area (TPSA) is 41.5 Å². The maximum absolute atomic E-state index is 10.4. The third-order valence-electron chi connectivity index (χ3n) is 5.80. The molecule has 0 saturated heterocycles. The van der Waals surface area contributed by atoms with Crippen molar-refractivity contribution in [1.29, 1.82) is 0 Å². The third-order valence-corrected chi connectivity index (χ3v) is 6.87. The summed E-state index contributed by atoms with van der Waals surface area (Å²) in [5.74, 6) is 1.41. The molecule has 0 heterocycles. The number of ether oxygens (including phenoxy) is 1. The van der Waals surface area contributed by atoms with Gasteiger partial charge in [-0.2, -0.15) is 0 Å². The highest BCUT2D eigenvalue weighted by atomic mass is 31.1. The molecule has 2 aromatic rings. The first-order chi connectivity index (χ1) is 13.2. The van der Waals surface area contributed by atoms with E-state index in [4.69, 9.17) is 4.74 Å². The number of phenols is 1. The van der Waals surface area contributed by atoms with Gasteiger partial charge in [0, 0.05) is 11.6 Å². The van der Waals surface area contributed by atoms with E-state index < -0.39 is 0 Å². The molecule has 0 bridgehead atoms. The van der Waals surface area contributed by atoms with Crippen molar-refractivity contribution in [2.24, 2.45) is 0 Å². The Hall–Kier alpha value is -1.57. The van der Waals surface area contributed by atoms with Crippen LogP contribution in [0.25, 0.3) is 0 Å². The Bertz CT molecular complexity index is 835. The zero-order valence-corrected chi connectivity index (χ0v) is 19.1. The molecule has 1 aliphatic rings. The Kier molecular flexibility index (Phi) is 6.37. The van der Waals surface area contributed by atoms with Crippen molar-refractivity contribution in [2.75, 3.05) is 6.35 Å². The summed E-state index contributed by atoms with van der Waals surface area (Å²) in [6, 6.07) is 8.80. The average molecular weight is 400 g/mol. The maximum Gasteiger partial charge on any atom is 0.120 e. The van der Waals surface area contributed by atoms with Crippen molar-refractivity contribution in [3.8, 4) is 11.5 Å². The third kappa shape index (κ3) is 4.53. The molecule has 152 valence electrons. The number of rotatable bonds is 7. The van der Waals surface area contributed by atoms with Gasteiger partial charge >= 0.3 is 0 Å². The molecular formula is C24H34NO2P. The quantitative estimate of drug-likeness (QED) is 0.460. The summed E-state index contributed by atoms with van der Waals surface area (Å²) in [6.45, 7) is 13.1. The predicted molar refractivity (Wildman–Crippen MR) is 120 cm³/mol. The monoisotopic (exact) mass is 399 g/mol. The van der Waals surface area contributed by atoms with E-state index in [-0.39, 0.29) is 5.41 Å². The number of aryl methyl sites for hydroxylation is 2. The molecule has 2 N–H and O–H groups in total. The molecule has 28 heavy (non-hydrogen) atoms. The fourth-order valence-electron chi connectivity index (χ4n) is 4.32. The number of fused-ring (bicyclic) bond motifs is 1. The molecule has 2 aromatic carbocycles. The summed E-state index contributed by atoms with van der Waals surface area (Å²) in [5, 5.41) is 13.8. The van der Waals surface area contributed by atoms with Crippen LogP contribution >= 0.6 is 8.73 Å². The van der Waals surface area contributed by atoms with E-state index in [1.54, 1.807) is 0 Å². The number of benzene rings is 2. The van der Waals surface area contributed by atoms with Crippen LogP contribution in [0.4, 0.5) is 0 Å². The largest absolute Gasteiger partial charge is 0.508 e. The maximum atomic E-state index is 10.4. The number of aromatic hydroxyl groups is 1. The first-order valence-corrected chi connectivity index (χ1v) is 11.5. The Morgan fingerprint density at radius 3 is 2.50 bits per heavy atom. The van der Waals surface area contributed by atoms with Crippen LogP contribution in [0, 0.1) is 13.8 Å². The number of nitrogens with one attached hydrogen (secondary N) is 1. The Labute approximate surface area is 171 Å². The SMILES string of the molecule is Cc1cc(OCPNC(C)C)cc(C)c1Cc1ccc(O)c2c1CCC2(C)C. The van der Waals surface area contributed by atoms with Gasteiger partial charge in [-0.25, -0.2) is 0 Å². The van der Waals surface area contributed by atoms with Crippen LogP contribution in [-0.4, -0.2) is 17.5 Å². The van der Waals surface area contributed by atoms with Gasteiger partial charge in [-0.05, 0) is 107 Å². The number of hydrogen-bond acceptors (Lipinski definition) is 3. The van der Waals surface area contributed by atoms with Crippen molar-refractivity contribution in [1.82, 2.24) is 5.09 Å². The lowest BCUT2D eigenvalue weighted by atomic mass is 9.84. The second-order valence-corrected chi connectivity index (χ2v) is 9.89. The lowest BCUT2D eigenvalue weighted by Gasteiger charge is -2.21. The van der Waals surface area contributed by atoms with Crippen molar-refractivity contribution in [3.63, 3.8) is 0 Å². The van der Waals surface area contributed by atoms with Gasteiger partial charge in [0.2, 0.25) is 0 Å². The van der Waals surface area contributed by atoms with Crippen LogP contribution in [0.15, 0.2) is 24.3 Å². The Morgan fingerprint density at radius 1 is 1.18 bits per heavy atom. The molecule has 1 unspecified atom stereocenters. The smallest absolute Gasteiger partial charge is 0.120 e. The molecule has 0 fully saturated rings. The Morgan fingerprint density at radius 2 is 1.86 bits per heavy atom. The second-order valence-electron chi connectivity index (χ2n) is 8.96. The average Bonchev–Trinajstić information content (AvgIpc) is 2.93. The summed E-state index contributed by atoms with van der Waals surface area (Å²) in [4.78, 5) is 0. The molecule has 1 aliphatic carbocycles. The van der Waals surface area contributed by atoms with Crippen molar-refractivity contribution >= 4 is 8.73 Å². The van der Waals surface area contributed by atoms with Crippen molar-refractivity contribution in [3.05, 3.63) is 57.6 Å². The molecule has 0 spiro atoms. The fourth-order valence-corrected chi connectivity index (χ4v) is 5.05. The van der Waals surface area contributed by atoms with Crippen LogP contribution < -0.4 is 9.82 Å². The van der Waals surface area contributed by atoms with E-state index >= 15 is 0 Å².